The van der Waals surface area contributed by atoms with Gasteiger partial charge in [-0.3, -0.25) is 0 Å². The summed E-state index contributed by atoms with van der Waals surface area (Å²) in [4.78, 5) is 0. The summed E-state index contributed by atoms with van der Waals surface area (Å²) in [5.41, 5.74) is 3.68. The summed E-state index contributed by atoms with van der Waals surface area (Å²) in [7, 11) is 2.14. The van der Waals surface area contributed by atoms with Crippen LogP contribution in [0.15, 0.2) is 60.8 Å². The number of rotatable bonds is 6. The van der Waals surface area contributed by atoms with E-state index in [1.165, 1.54) is 34.9 Å². The van der Waals surface area contributed by atoms with Gasteiger partial charge in [-0.05, 0) is 24.5 Å². The van der Waals surface area contributed by atoms with E-state index in [1.54, 1.807) is 0 Å². The molecule has 2 aromatic carbocycles. The summed E-state index contributed by atoms with van der Waals surface area (Å²) in [6.45, 7) is 4.49. The average molecular weight is 344 g/mol. The molecular weight excluding hydrogens is 314 g/mol. The highest BCUT2D eigenvalue weighted by molar-refractivity contribution is 5.86. The predicted molar refractivity (Wildman–Crippen MR) is 112 cm³/mol. The molecule has 0 saturated heterocycles. The Morgan fingerprint density at radius 3 is 2.38 bits per heavy atom. The summed E-state index contributed by atoms with van der Waals surface area (Å²) in [6.07, 6.45) is 7.75. The molecule has 1 unspecified atom stereocenters. The number of unbranched alkanes of at least 4 members (excludes halogenated alkanes) is 2. The molecule has 1 aromatic heterocycles. The summed E-state index contributed by atoms with van der Waals surface area (Å²) < 4.78 is 2.24. The van der Waals surface area contributed by atoms with Crippen LogP contribution in [0.5, 0.6) is 0 Å². The number of aromatic nitrogens is 1. The lowest BCUT2D eigenvalue weighted by molar-refractivity contribution is 0.590. The van der Waals surface area contributed by atoms with Crippen LogP contribution in [0, 0.1) is 11.8 Å². The van der Waals surface area contributed by atoms with Crippen molar-refractivity contribution < 1.29 is 0 Å². The Morgan fingerprint density at radius 1 is 0.923 bits per heavy atom. The van der Waals surface area contributed by atoms with E-state index in [9.17, 15) is 0 Å². The Labute approximate surface area is 158 Å². The van der Waals surface area contributed by atoms with E-state index in [0.717, 1.165) is 19.3 Å². The van der Waals surface area contributed by atoms with Crippen LogP contribution < -0.4 is 0 Å². The minimum absolute atomic E-state index is 0.245. The molecular formula is C25H29N. The first kappa shape index (κ1) is 18.3. The molecule has 3 rings (SSSR count). The molecule has 1 nitrogen and oxygen atoms in total. The third kappa shape index (κ3) is 3.42. The lowest BCUT2D eigenvalue weighted by atomic mass is 9.71. The number of fused-ring (bicyclic) bond motifs is 1. The third-order valence-corrected chi connectivity index (χ3v) is 5.21. The van der Waals surface area contributed by atoms with Crippen molar-refractivity contribution in [2.75, 3.05) is 0 Å². The predicted octanol–water partition coefficient (Wildman–Crippen LogP) is 6.46. The standard InChI is InChI=1S/C25H29N/c1-4-6-7-13-19-25(18-5-2,21-14-9-8-10-15-21)23-20-26(3)24-17-12-11-16-22(23)24/h8-12,14-17,20H,4-7,18H2,1-3H3. The number of hydrogen-bond donors (Lipinski definition) is 0. The van der Waals surface area contributed by atoms with Gasteiger partial charge in [0.2, 0.25) is 0 Å². The van der Waals surface area contributed by atoms with Gasteiger partial charge in [0.25, 0.3) is 0 Å². The van der Waals surface area contributed by atoms with Crippen LogP contribution in [0.1, 0.15) is 57.1 Å². The van der Waals surface area contributed by atoms with Crippen molar-refractivity contribution in [2.45, 2.75) is 51.4 Å². The molecule has 0 aliphatic rings. The van der Waals surface area contributed by atoms with Crippen molar-refractivity contribution in [3.05, 3.63) is 71.9 Å². The van der Waals surface area contributed by atoms with E-state index in [2.05, 4.69) is 98.1 Å². The highest BCUT2D eigenvalue weighted by Crippen LogP contribution is 2.40. The molecule has 0 amide bonds. The fraction of sp³-hybridized carbons (Fsp3) is 0.360. The molecule has 0 saturated carbocycles. The first-order valence-corrected chi connectivity index (χ1v) is 9.83. The Balaban J connectivity index is 2.25. The molecule has 134 valence electrons. The van der Waals surface area contributed by atoms with Gasteiger partial charge in [-0.25, -0.2) is 0 Å². The Morgan fingerprint density at radius 2 is 1.65 bits per heavy atom. The first-order chi connectivity index (χ1) is 12.7. The zero-order valence-corrected chi connectivity index (χ0v) is 16.3. The highest BCUT2D eigenvalue weighted by Gasteiger charge is 2.34. The molecule has 0 N–H and O–H groups in total. The molecule has 0 bridgehead atoms. The number of nitrogens with zero attached hydrogens (tertiary/aromatic N) is 1. The molecule has 0 spiro atoms. The van der Waals surface area contributed by atoms with Crippen molar-refractivity contribution in [2.24, 2.45) is 7.05 Å². The second-order valence-corrected chi connectivity index (χ2v) is 7.10. The fourth-order valence-electron chi connectivity index (χ4n) is 3.89. The molecule has 3 aromatic rings. The van der Waals surface area contributed by atoms with E-state index >= 15 is 0 Å². The summed E-state index contributed by atoms with van der Waals surface area (Å²) in [5, 5.41) is 1.32. The van der Waals surface area contributed by atoms with Gasteiger partial charge in [0.05, 0.1) is 5.41 Å². The highest BCUT2D eigenvalue weighted by atomic mass is 14.9. The number of aryl methyl sites for hydroxylation is 1. The van der Waals surface area contributed by atoms with Gasteiger partial charge in [-0.1, -0.05) is 81.1 Å². The van der Waals surface area contributed by atoms with Crippen LogP contribution in [0.3, 0.4) is 0 Å². The van der Waals surface area contributed by atoms with Gasteiger partial charge >= 0.3 is 0 Å². The molecule has 1 heterocycles. The van der Waals surface area contributed by atoms with Gasteiger partial charge in [-0.2, -0.15) is 0 Å². The second-order valence-electron chi connectivity index (χ2n) is 7.10. The van der Waals surface area contributed by atoms with Gasteiger partial charge in [0, 0.05) is 36.1 Å². The van der Waals surface area contributed by atoms with E-state index in [0.29, 0.717) is 0 Å². The minimum atomic E-state index is -0.245. The van der Waals surface area contributed by atoms with E-state index in [-0.39, 0.29) is 5.41 Å². The second kappa shape index (κ2) is 8.28. The monoisotopic (exact) mass is 343 g/mol. The van der Waals surface area contributed by atoms with Crippen LogP contribution in [0.2, 0.25) is 0 Å². The lowest BCUT2D eigenvalue weighted by Crippen LogP contribution is -2.25. The number of para-hydroxylation sites is 1. The van der Waals surface area contributed by atoms with Gasteiger partial charge in [-0.15, -0.1) is 5.92 Å². The molecule has 1 atom stereocenters. The summed E-state index contributed by atoms with van der Waals surface area (Å²) in [6, 6.07) is 19.5. The van der Waals surface area contributed by atoms with Crippen LogP contribution in [-0.4, -0.2) is 4.57 Å². The SMILES string of the molecule is CCCCC#CC(CCC)(c1ccccc1)c1cn(C)c2ccccc12. The Kier molecular flexibility index (Phi) is 5.84. The topological polar surface area (TPSA) is 4.93 Å². The van der Waals surface area contributed by atoms with Gasteiger partial charge in [0.1, 0.15) is 0 Å². The van der Waals surface area contributed by atoms with Crippen molar-refractivity contribution in [3.8, 4) is 11.8 Å². The lowest BCUT2D eigenvalue weighted by Gasteiger charge is -2.29. The zero-order valence-electron chi connectivity index (χ0n) is 16.3. The summed E-state index contributed by atoms with van der Waals surface area (Å²) in [5.74, 6) is 7.27. The maximum Gasteiger partial charge on any atom is 0.0832 e. The van der Waals surface area contributed by atoms with E-state index < -0.39 is 0 Å². The molecule has 0 radical (unpaired) electrons. The third-order valence-electron chi connectivity index (χ3n) is 5.21. The Hall–Kier alpha value is -2.46. The van der Waals surface area contributed by atoms with Gasteiger partial charge < -0.3 is 4.57 Å². The van der Waals surface area contributed by atoms with Crippen LogP contribution >= 0.6 is 0 Å². The van der Waals surface area contributed by atoms with Crippen molar-refractivity contribution in [3.63, 3.8) is 0 Å². The van der Waals surface area contributed by atoms with Crippen LogP contribution in [-0.2, 0) is 12.5 Å². The van der Waals surface area contributed by atoms with Crippen molar-refractivity contribution in [1.29, 1.82) is 0 Å². The van der Waals surface area contributed by atoms with Gasteiger partial charge in [0.15, 0.2) is 0 Å². The number of benzene rings is 2. The van der Waals surface area contributed by atoms with Crippen molar-refractivity contribution >= 4 is 10.9 Å². The first-order valence-electron chi connectivity index (χ1n) is 9.83. The molecule has 1 heteroatoms. The quantitative estimate of drug-likeness (QED) is 0.357. The smallest absolute Gasteiger partial charge is 0.0832 e. The van der Waals surface area contributed by atoms with Crippen LogP contribution in [0.4, 0.5) is 0 Å². The fourth-order valence-corrected chi connectivity index (χ4v) is 3.89. The van der Waals surface area contributed by atoms with E-state index in [1.807, 2.05) is 0 Å². The maximum atomic E-state index is 3.74. The number of hydrogen-bond acceptors (Lipinski definition) is 0. The van der Waals surface area contributed by atoms with Crippen LogP contribution in [0.25, 0.3) is 10.9 Å². The molecule has 26 heavy (non-hydrogen) atoms. The maximum absolute atomic E-state index is 3.74. The zero-order chi connectivity index (χ0) is 18.4. The largest absolute Gasteiger partial charge is 0.350 e. The average Bonchev–Trinajstić information content (AvgIpc) is 3.02. The molecule has 0 aliphatic carbocycles. The summed E-state index contributed by atoms with van der Waals surface area (Å²) >= 11 is 0. The van der Waals surface area contributed by atoms with Crippen molar-refractivity contribution in [1.82, 2.24) is 4.57 Å². The normalized spacial score (nSPS) is 13.2. The Bertz CT molecular complexity index is 907. The molecule has 0 aliphatic heterocycles. The minimum Gasteiger partial charge on any atom is -0.350 e. The van der Waals surface area contributed by atoms with E-state index in [4.69, 9.17) is 0 Å². The molecule has 0 fully saturated rings.